The molecule has 0 radical (unpaired) electrons. The Bertz CT molecular complexity index is 377. The van der Waals surface area contributed by atoms with Gasteiger partial charge in [0.1, 0.15) is 5.82 Å². The number of nitrogens with one attached hydrogen (secondary N) is 1. The first-order valence-electron chi connectivity index (χ1n) is 5.47. The van der Waals surface area contributed by atoms with Crippen molar-refractivity contribution in [1.82, 2.24) is 0 Å². The van der Waals surface area contributed by atoms with Crippen LogP contribution in [0.4, 0.5) is 10.1 Å². The Labute approximate surface area is 93.8 Å². The van der Waals surface area contributed by atoms with E-state index in [2.05, 4.69) is 5.32 Å². The molecule has 0 aliphatic heterocycles. The molecule has 86 valence electrons. The minimum absolute atomic E-state index is 0.0000491. The number of carbonyl (C=O) groups excluding carboxylic acids is 1. The van der Waals surface area contributed by atoms with Gasteiger partial charge in [-0.15, -0.1) is 0 Å². The largest absolute Gasteiger partial charge is 0.328 e. The van der Waals surface area contributed by atoms with Gasteiger partial charge in [-0.1, -0.05) is 0 Å². The van der Waals surface area contributed by atoms with Gasteiger partial charge in [-0.2, -0.15) is 0 Å². The molecule has 1 amide bonds. The van der Waals surface area contributed by atoms with Gasteiger partial charge in [0.25, 0.3) is 0 Å². The third kappa shape index (κ3) is 2.58. The van der Waals surface area contributed by atoms with E-state index in [-0.39, 0.29) is 23.7 Å². The summed E-state index contributed by atoms with van der Waals surface area (Å²) in [5.41, 5.74) is 6.38. The Morgan fingerprint density at radius 2 is 2.00 bits per heavy atom. The smallest absolute Gasteiger partial charge is 0.227 e. The first-order chi connectivity index (χ1) is 7.65. The number of amides is 1. The van der Waals surface area contributed by atoms with Gasteiger partial charge in [0.2, 0.25) is 5.91 Å². The molecule has 1 fully saturated rings. The lowest BCUT2D eigenvalue weighted by molar-refractivity contribution is -0.119. The minimum Gasteiger partial charge on any atom is -0.328 e. The van der Waals surface area contributed by atoms with Crippen molar-refractivity contribution in [2.75, 3.05) is 5.32 Å². The SMILES string of the molecule is NC1CCC(C(=O)Nc2ccc(F)cc2)C1. The average molecular weight is 222 g/mol. The molecule has 16 heavy (non-hydrogen) atoms. The Balaban J connectivity index is 1.94. The summed E-state index contributed by atoms with van der Waals surface area (Å²) in [5.74, 6) is -0.319. The molecule has 1 saturated carbocycles. The second-order valence-electron chi connectivity index (χ2n) is 4.27. The zero-order chi connectivity index (χ0) is 11.5. The van der Waals surface area contributed by atoms with Crippen molar-refractivity contribution in [3.63, 3.8) is 0 Å². The van der Waals surface area contributed by atoms with Crippen molar-refractivity contribution in [3.05, 3.63) is 30.1 Å². The number of hydrogen-bond donors (Lipinski definition) is 2. The Morgan fingerprint density at radius 3 is 2.56 bits per heavy atom. The highest BCUT2D eigenvalue weighted by molar-refractivity contribution is 5.92. The number of hydrogen-bond acceptors (Lipinski definition) is 2. The predicted octanol–water partition coefficient (Wildman–Crippen LogP) is 1.89. The highest BCUT2D eigenvalue weighted by Gasteiger charge is 2.27. The fourth-order valence-corrected chi connectivity index (χ4v) is 2.03. The van der Waals surface area contributed by atoms with Crippen molar-refractivity contribution in [2.24, 2.45) is 11.7 Å². The van der Waals surface area contributed by atoms with Crippen molar-refractivity contribution in [3.8, 4) is 0 Å². The van der Waals surface area contributed by atoms with Crippen LogP contribution in [0.3, 0.4) is 0 Å². The maximum absolute atomic E-state index is 12.6. The van der Waals surface area contributed by atoms with E-state index in [0.717, 1.165) is 19.3 Å². The van der Waals surface area contributed by atoms with Gasteiger partial charge in [0.05, 0.1) is 0 Å². The number of rotatable bonds is 2. The second-order valence-corrected chi connectivity index (χ2v) is 4.27. The molecule has 1 aliphatic carbocycles. The molecule has 1 aliphatic rings. The second kappa shape index (κ2) is 4.61. The molecule has 4 heteroatoms. The van der Waals surface area contributed by atoms with Gasteiger partial charge in [-0.3, -0.25) is 4.79 Å². The molecule has 0 aromatic heterocycles. The van der Waals surface area contributed by atoms with E-state index in [1.54, 1.807) is 12.1 Å². The van der Waals surface area contributed by atoms with Crippen LogP contribution in [0.2, 0.25) is 0 Å². The summed E-state index contributed by atoms with van der Waals surface area (Å²) in [6.45, 7) is 0. The lowest BCUT2D eigenvalue weighted by Crippen LogP contribution is -2.23. The number of nitrogens with two attached hydrogens (primary N) is 1. The molecule has 0 heterocycles. The van der Waals surface area contributed by atoms with Crippen LogP contribution < -0.4 is 11.1 Å². The molecule has 2 rings (SSSR count). The molecule has 0 spiro atoms. The van der Waals surface area contributed by atoms with Crippen molar-refractivity contribution in [1.29, 1.82) is 0 Å². The summed E-state index contributed by atoms with van der Waals surface area (Å²) in [6.07, 6.45) is 2.49. The molecule has 0 saturated heterocycles. The summed E-state index contributed by atoms with van der Waals surface area (Å²) in [7, 11) is 0. The average Bonchev–Trinajstić information content (AvgIpc) is 2.68. The van der Waals surface area contributed by atoms with Crippen LogP contribution in [-0.2, 0) is 4.79 Å². The van der Waals surface area contributed by atoms with Gasteiger partial charge in [-0.25, -0.2) is 4.39 Å². The predicted molar refractivity (Wildman–Crippen MR) is 60.3 cm³/mol. The fourth-order valence-electron chi connectivity index (χ4n) is 2.03. The van der Waals surface area contributed by atoms with E-state index >= 15 is 0 Å². The molecule has 3 N–H and O–H groups in total. The van der Waals surface area contributed by atoms with Gasteiger partial charge in [-0.05, 0) is 43.5 Å². The summed E-state index contributed by atoms with van der Waals surface area (Å²) in [6, 6.07) is 5.92. The Hall–Kier alpha value is -1.42. The van der Waals surface area contributed by atoms with Gasteiger partial charge in [0.15, 0.2) is 0 Å². The van der Waals surface area contributed by atoms with Crippen LogP contribution in [0.1, 0.15) is 19.3 Å². The molecule has 2 unspecified atom stereocenters. The third-order valence-electron chi connectivity index (χ3n) is 2.96. The number of carbonyl (C=O) groups is 1. The number of benzene rings is 1. The highest BCUT2D eigenvalue weighted by atomic mass is 19.1. The van der Waals surface area contributed by atoms with Crippen LogP contribution >= 0.6 is 0 Å². The molecule has 2 atom stereocenters. The van der Waals surface area contributed by atoms with Crippen LogP contribution in [0.15, 0.2) is 24.3 Å². The first-order valence-corrected chi connectivity index (χ1v) is 5.47. The molecule has 0 bridgehead atoms. The van der Waals surface area contributed by atoms with E-state index in [9.17, 15) is 9.18 Å². The van der Waals surface area contributed by atoms with E-state index in [0.29, 0.717) is 5.69 Å². The fraction of sp³-hybridized carbons (Fsp3) is 0.417. The topological polar surface area (TPSA) is 55.1 Å². The monoisotopic (exact) mass is 222 g/mol. The maximum atomic E-state index is 12.6. The third-order valence-corrected chi connectivity index (χ3v) is 2.96. The van der Waals surface area contributed by atoms with E-state index < -0.39 is 0 Å². The van der Waals surface area contributed by atoms with E-state index in [1.165, 1.54) is 12.1 Å². The molecular weight excluding hydrogens is 207 g/mol. The van der Waals surface area contributed by atoms with Gasteiger partial charge in [0, 0.05) is 17.6 Å². The van der Waals surface area contributed by atoms with Gasteiger partial charge < -0.3 is 11.1 Å². The highest BCUT2D eigenvalue weighted by Crippen LogP contribution is 2.25. The van der Waals surface area contributed by atoms with Crippen LogP contribution in [-0.4, -0.2) is 11.9 Å². The lowest BCUT2D eigenvalue weighted by Gasteiger charge is -2.10. The molecular formula is C12H15FN2O. The van der Waals surface area contributed by atoms with Crippen LogP contribution in [0, 0.1) is 11.7 Å². The molecule has 1 aromatic carbocycles. The summed E-state index contributed by atoms with van der Waals surface area (Å²) >= 11 is 0. The van der Waals surface area contributed by atoms with Crippen molar-refractivity contribution < 1.29 is 9.18 Å². The van der Waals surface area contributed by atoms with E-state index in [1.807, 2.05) is 0 Å². The van der Waals surface area contributed by atoms with Gasteiger partial charge >= 0.3 is 0 Å². The Morgan fingerprint density at radius 1 is 1.31 bits per heavy atom. The zero-order valence-corrected chi connectivity index (χ0v) is 8.95. The minimum atomic E-state index is -0.305. The van der Waals surface area contributed by atoms with E-state index in [4.69, 9.17) is 5.73 Å². The van der Waals surface area contributed by atoms with Crippen LogP contribution in [0.25, 0.3) is 0 Å². The zero-order valence-electron chi connectivity index (χ0n) is 8.95. The summed E-state index contributed by atoms with van der Waals surface area (Å²) in [4.78, 5) is 11.8. The molecule has 3 nitrogen and oxygen atoms in total. The summed E-state index contributed by atoms with van der Waals surface area (Å²) in [5, 5.41) is 2.77. The standard InChI is InChI=1S/C12H15FN2O/c13-9-2-5-11(6-3-9)15-12(16)8-1-4-10(14)7-8/h2-3,5-6,8,10H,1,4,7,14H2,(H,15,16). The Kier molecular flexibility index (Phi) is 3.19. The maximum Gasteiger partial charge on any atom is 0.227 e. The number of halogens is 1. The summed E-state index contributed by atoms with van der Waals surface area (Å²) < 4.78 is 12.6. The molecule has 1 aromatic rings. The first kappa shape index (κ1) is 11.1. The normalized spacial score (nSPS) is 24.4. The van der Waals surface area contributed by atoms with Crippen molar-refractivity contribution >= 4 is 11.6 Å². The number of anilines is 1. The van der Waals surface area contributed by atoms with Crippen LogP contribution in [0.5, 0.6) is 0 Å². The van der Waals surface area contributed by atoms with Crippen molar-refractivity contribution in [2.45, 2.75) is 25.3 Å². The lowest BCUT2D eigenvalue weighted by atomic mass is 10.1. The quantitative estimate of drug-likeness (QED) is 0.802.